The van der Waals surface area contributed by atoms with E-state index >= 15 is 0 Å². The number of carbonyl (C=O) groups is 1. The third-order valence-electron chi connectivity index (χ3n) is 2.99. The lowest BCUT2D eigenvalue weighted by Gasteiger charge is -2.10. The quantitative estimate of drug-likeness (QED) is 0.924. The number of fused-ring (bicyclic) bond motifs is 1. The minimum absolute atomic E-state index is 0.0582. The fourth-order valence-corrected chi connectivity index (χ4v) is 4.10. The molecule has 2 heterocycles. The van der Waals surface area contributed by atoms with Gasteiger partial charge in [0.1, 0.15) is 5.01 Å². The van der Waals surface area contributed by atoms with Gasteiger partial charge in [0.2, 0.25) is 5.91 Å². The first-order valence-corrected chi connectivity index (χ1v) is 7.77. The van der Waals surface area contributed by atoms with E-state index in [1.54, 1.807) is 0 Å². The molecular formula is C13H13N3OS2. The highest BCUT2D eigenvalue weighted by molar-refractivity contribution is 8.02. The van der Waals surface area contributed by atoms with Crippen molar-refractivity contribution in [2.24, 2.45) is 0 Å². The van der Waals surface area contributed by atoms with Crippen LogP contribution >= 0.6 is 23.1 Å². The molecule has 6 heteroatoms. The van der Waals surface area contributed by atoms with Crippen molar-refractivity contribution in [3.8, 4) is 0 Å². The smallest absolute Gasteiger partial charge is 0.237 e. The van der Waals surface area contributed by atoms with Gasteiger partial charge < -0.3 is 5.32 Å². The number of nitrogens with one attached hydrogen (secondary N) is 1. The molecule has 98 valence electrons. The highest BCUT2D eigenvalue weighted by Crippen LogP contribution is 2.32. The Bertz CT molecular complexity index is 611. The SMILES string of the molecule is Cc1nnc(SC2CCc3ccccc3NC2=O)s1. The molecule has 0 saturated heterocycles. The molecule has 1 N–H and O–H groups in total. The number of amides is 1. The number of aromatic nitrogens is 2. The minimum Gasteiger partial charge on any atom is -0.325 e. The number of hydrogen-bond donors (Lipinski definition) is 1. The molecule has 2 aromatic rings. The predicted octanol–water partition coefficient (Wildman–Crippen LogP) is 2.89. The number of para-hydroxylation sites is 1. The Balaban J connectivity index is 1.77. The molecule has 0 spiro atoms. The van der Waals surface area contributed by atoms with E-state index in [4.69, 9.17) is 0 Å². The van der Waals surface area contributed by atoms with Crippen LogP contribution in [-0.4, -0.2) is 21.4 Å². The summed E-state index contributed by atoms with van der Waals surface area (Å²) in [4.78, 5) is 12.2. The van der Waals surface area contributed by atoms with E-state index in [1.807, 2.05) is 25.1 Å². The van der Waals surface area contributed by atoms with Gasteiger partial charge in [-0.15, -0.1) is 10.2 Å². The lowest BCUT2D eigenvalue weighted by molar-refractivity contribution is -0.115. The topological polar surface area (TPSA) is 54.9 Å². The number of carbonyl (C=O) groups excluding carboxylic acids is 1. The van der Waals surface area contributed by atoms with E-state index < -0.39 is 0 Å². The molecule has 4 nitrogen and oxygen atoms in total. The van der Waals surface area contributed by atoms with Crippen LogP contribution < -0.4 is 5.32 Å². The van der Waals surface area contributed by atoms with Gasteiger partial charge in [0.05, 0.1) is 5.25 Å². The van der Waals surface area contributed by atoms with E-state index in [0.29, 0.717) is 0 Å². The average molecular weight is 291 g/mol. The number of aryl methyl sites for hydroxylation is 2. The average Bonchev–Trinajstić information content (AvgIpc) is 2.74. The molecule has 3 rings (SSSR count). The fraction of sp³-hybridized carbons (Fsp3) is 0.308. The summed E-state index contributed by atoms with van der Waals surface area (Å²) >= 11 is 3.05. The van der Waals surface area contributed by atoms with Crippen LogP contribution in [0, 0.1) is 6.92 Å². The zero-order valence-corrected chi connectivity index (χ0v) is 12.1. The normalized spacial score (nSPS) is 18.6. The maximum absolute atomic E-state index is 12.2. The van der Waals surface area contributed by atoms with Gasteiger partial charge in [-0.05, 0) is 31.4 Å². The van der Waals surface area contributed by atoms with E-state index in [-0.39, 0.29) is 11.2 Å². The Hall–Kier alpha value is -1.40. The molecule has 1 unspecified atom stereocenters. The van der Waals surface area contributed by atoms with Gasteiger partial charge in [-0.3, -0.25) is 4.79 Å². The first kappa shape index (κ1) is 12.6. The Morgan fingerprint density at radius 2 is 2.21 bits per heavy atom. The number of thioether (sulfide) groups is 1. The molecular weight excluding hydrogens is 278 g/mol. The van der Waals surface area contributed by atoms with E-state index in [9.17, 15) is 4.79 Å². The third-order valence-corrected chi connectivity index (χ3v) is 5.18. The molecule has 0 saturated carbocycles. The van der Waals surface area contributed by atoms with Gasteiger partial charge in [0, 0.05) is 5.69 Å². The first-order chi connectivity index (χ1) is 9.22. The van der Waals surface area contributed by atoms with Gasteiger partial charge in [-0.25, -0.2) is 0 Å². The largest absolute Gasteiger partial charge is 0.325 e. The zero-order valence-electron chi connectivity index (χ0n) is 10.4. The van der Waals surface area contributed by atoms with Gasteiger partial charge in [0.25, 0.3) is 0 Å². The molecule has 0 bridgehead atoms. The van der Waals surface area contributed by atoms with Crippen molar-refractivity contribution in [3.05, 3.63) is 34.8 Å². The van der Waals surface area contributed by atoms with Crippen molar-refractivity contribution in [2.45, 2.75) is 29.4 Å². The Morgan fingerprint density at radius 1 is 1.37 bits per heavy atom. The molecule has 1 aliphatic heterocycles. The van der Waals surface area contributed by atoms with Gasteiger partial charge >= 0.3 is 0 Å². The highest BCUT2D eigenvalue weighted by atomic mass is 32.2. The number of anilines is 1. The Labute approximate surface area is 119 Å². The first-order valence-electron chi connectivity index (χ1n) is 6.08. The zero-order chi connectivity index (χ0) is 13.2. The predicted molar refractivity (Wildman–Crippen MR) is 77.7 cm³/mol. The minimum atomic E-state index is -0.0975. The second-order valence-electron chi connectivity index (χ2n) is 4.38. The molecule has 1 aliphatic rings. The number of nitrogens with zero attached hydrogens (tertiary/aromatic N) is 2. The molecule has 19 heavy (non-hydrogen) atoms. The van der Waals surface area contributed by atoms with Crippen molar-refractivity contribution < 1.29 is 4.79 Å². The van der Waals surface area contributed by atoms with Crippen molar-refractivity contribution in [1.29, 1.82) is 0 Å². The molecule has 1 aromatic carbocycles. The molecule has 1 amide bonds. The summed E-state index contributed by atoms with van der Waals surface area (Å²) in [5.41, 5.74) is 2.14. The highest BCUT2D eigenvalue weighted by Gasteiger charge is 2.25. The second-order valence-corrected chi connectivity index (χ2v) is 7.01. The molecule has 0 aliphatic carbocycles. The summed E-state index contributed by atoms with van der Waals surface area (Å²) in [6.45, 7) is 1.92. The van der Waals surface area contributed by atoms with Crippen LogP contribution in [0.25, 0.3) is 0 Å². The molecule has 1 aromatic heterocycles. The molecule has 0 radical (unpaired) electrons. The number of hydrogen-bond acceptors (Lipinski definition) is 5. The van der Waals surface area contributed by atoms with Crippen LogP contribution in [0.5, 0.6) is 0 Å². The van der Waals surface area contributed by atoms with E-state index in [1.165, 1.54) is 28.7 Å². The number of rotatable bonds is 2. The van der Waals surface area contributed by atoms with Crippen molar-refractivity contribution in [2.75, 3.05) is 5.32 Å². The maximum Gasteiger partial charge on any atom is 0.237 e. The van der Waals surface area contributed by atoms with Crippen LogP contribution in [0.4, 0.5) is 5.69 Å². The van der Waals surface area contributed by atoms with Gasteiger partial charge in [-0.2, -0.15) is 0 Å². The van der Waals surface area contributed by atoms with E-state index in [2.05, 4.69) is 21.6 Å². The summed E-state index contributed by atoms with van der Waals surface area (Å²) in [7, 11) is 0. The van der Waals surface area contributed by atoms with Crippen molar-refractivity contribution >= 4 is 34.7 Å². The van der Waals surface area contributed by atoms with Gasteiger partial charge in [0.15, 0.2) is 4.34 Å². The maximum atomic E-state index is 12.2. The summed E-state index contributed by atoms with van der Waals surface area (Å²) in [5, 5.41) is 11.9. The summed E-state index contributed by atoms with van der Waals surface area (Å²) < 4.78 is 0.864. The van der Waals surface area contributed by atoms with Crippen molar-refractivity contribution in [1.82, 2.24) is 10.2 Å². The van der Waals surface area contributed by atoms with Crippen LogP contribution in [0.3, 0.4) is 0 Å². The second kappa shape index (κ2) is 5.30. The Kier molecular flexibility index (Phi) is 3.52. The fourth-order valence-electron chi connectivity index (χ4n) is 2.05. The summed E-state index contributed by atoms with van der Waals surface area (Å²) in [6.07, 6.45) is 1.73. The third kappa shape index (κ3) is 2.79. The lowest BCUT2D eigenvalue weighted by Crippen LogP contribution is -2.23. The summed E-state index contributed by atoms with van der Waals surface area (Å²) in [6, 6.07) is 7.97. The number of benzene rings is 1. The van der Waals surface area contributed by atoms with Crippen molar-refractivity contribution in [3.63, 3.8) is 0 Å². The summed E-state index contributed by atoms with van der Waals surface area (Å²) in [5.74, 6) is 0.0582. The van der Waals surface area contributed by atoms with Crippen LogP contribution in [0.1, 0.15) is 17.0 Å². The standard InChI is InChI=1S/C13H13N3OS2/c1-8-15-16-13(18-8)19-11-7-6-9-4-2-3-5-10(9)14-12(11)17/h2-5,11H,6-7H2,1H3,(H,14,17). The van der Waals surface area contributed by atoms with Gasteiger partial charge in [-0.1, -0.05) is 41.3 Å². The van der Waals surface area contributed by atoms with Crippen LogP contribution in [0.2, 0.25) is 0 Å². The van der Waals surface area contributed by atoms with Crippen LogP contribution in [-0.2, 0) is 11.2 Å². The molecule has 0 fully saturated rings. The molecule has 1 atom stereocenters. The monoisotopic (exact) mass is 291 g/mol. The van der Waals surface area contributed by atoms with Crippen LogP contribution in [0.15, 0.2) is 28.6 Å². The van der Waals surface area contributed by atoms with E-state index in [0.717, 1.165) is 27.9 Å². The Morgan fingerprint density at radius 3 is 3.00 bits per heavy atom. The lowest BCUT2D eigenvalue weighted by atomic mass is 10.1.